The second-order valence-corrected chi connectivity index (χ2v) is 5.25. The fourth-order valence-electron chi connectivity index (χ4n) is 1.13. The van der Waals surface area contributed by atoms with Gasteiger partial charge >= 0.3 is 0 Å². The average Bonchev–Trinajstić information content (AvgIpc) is 2.14. The number of hydrogen-bond acceptors (Lipinski definition) is 5. The third kappa shape index (κ3) is 2.39. The van der Waals surface area contributed by atoms with E-state index in [2.05, 4.69) is 0 Å². The Bertz CT molecular complexity index is 534. The second kappa shape index (κ2) is 4.06. The van der Waals surface area contributed by atoms with Gasteiger partial charge in [0.2, 0.25) is 0 Å². The number of phenols is 1. The number of aromatic hydroxyl groups is 1. The fourth-order valence-corrected chi connectivity index (χ4v) is 2.29. The van der Waals surface area contributed by atoms with Gasteiger partial charge in [0.25, 0.3) is 9.05 Å². The van der Waals surface area contributed by atoms with E-state index in [9.17, 15) is 13.5 Å². The maximum absolute atomic E-state index is 11.1. The topological polar surface area (TPSA) is 104 Å². The lowest BCUT2D eigenvalue weighted by Gasteiger charge is -2.05. The number of nitrogens with two attached hydrogens (primary N) is 1. The van der Waals surface area contributed by atoms with Gasteiger partial charge in [0.15, 0.2) is 0 Å². The maximum Gasteiger partial charge on any atom is 0.266 e. The molecular formula is C8H7ClN2O3S. The van der Waals surface area contributed by atoms with Gasteiger partial charge in [-0.15, -0.1) is 0 Å². The number of benzene rings is 1. The molecule has 0 spiro atoms. The summed E-state index contributed by atoms with van der Waals surface area (Å²) in [6, 6.07) is 4.07. The molecule has 0 aliphatic carbocycles. The molecule has 0 atom stereocenters. The van der Waals surface area contributed by atoms with Crippen LogP contribution in [0.5, 0.6) is 5.75 Å². The molecule has 7 heteroatoms. The van der Waals surface area contributed by atoms with Gasteiger partial charge in [-0.2, -0.15) is 5.26 Å². The van der Waals surface area contributed by atoms with Crippen LogP contribution >= 0.6 is 10.7 Å². The van der Waals surface area contributed by atoms with Crippen LogP contribution in [0, 0.1) is 11.3 Å². The van der Waals surface area contributed by atoms with Gasteiger partial charge in [-0.05, 0) is 17.7 Å². The van der Waals surface area contributed by atoms with E-state index in [4.69, 9.17) is 21.7 Å². The molecule has 80 valence electrons. The molecule has 1 aromatic carbocycles. The molecule has 1 aromatic rings. The van der Waals surface area contributed by atoms with Gasteiger partial charge in [0, 0.05) is 17.2 Å². The van der Waals surface area contributed by atoms with Gasteiger partial charge in [0.1, 0.15) is 16.7 Å². The summed E-state index contributed by atoms with van der Waals surface area (Å²) in [5.41, 5.74) is 5.53. The van der Waals surface area contributed by atoms with E-state index in [0.29, 0.717) is 5.56 Å². The first-order chi connectivity index (χ1) is 6.90. The lowest BCUT2D eigenvalue weighted by molar-refractivity contribution is 0.458. The normalized spacial score (nSPS) is 11.0. The third-order valence-corrected chi connectivity index (χ3v) is 3.11. The van der Waals surface area contributed by atoms with Crippen LogP contribution in [0.15, 0.2) is 17.0 Å². The lowest BCUT2D eigenvalue weighted by atomic mass is 10.1. The van der Waals surface area contributed by atoms with Gasteiger partial charge in [-0.1, -0.05) is 0 Å². The Kier molecular flexibility index (Phi) is 3.19. The van der Waals surface area contributed by atoms with Crippen molar-refractivity contribution in [3.05, 3.63) is 23.3 Å². The van der Waals surface area contributed by atoms with Gasteiger partial charge < -0.3 is 10.8 Å². The minimum Gasteiger partial charge on any atom is -0.506 e. The quantitative estimate of drug-likeness (QED) is 0.746. The molecule has 0 radical (unpaired) electrons. The summed E-state index contributed by atoms with van der Waals surface area (Å²) in [6.45, 7) is 0.0881. The van der Waals surface area contributed by atoms with Crippen molar-refractivity contribution in [2.24, 2.45) is 5.73 Å². The van der Waals surface area contributed by atoms with E-state index in [1.807, 2.05) is 0 Å². The summed E-state index contributed by atoms with van der Waals surface area (Å²) in [6.07, 6.45) is 0. The Morgan fingerprint density at radius 2 is 2.13 bits per heavy atom. The maximum atomic E-state index is 11.1. The van der Waals surface area contributed by atoms with Crippen LogP contribution in [0.3, 0.4) is 0 Å². The van der Waals surface area contributed by atoms with Crippen molar-refractivity contribution in [3.63, 3.8) is 0 Å². The highest BCUT2D eigenvalue weighted by Crippen LogP contribution is 2.30. The predicted molar refractivity (Wildman–Crippen MR) is 53.8 cm³/mol. The average molecular weight is 247 g/mol. The molecule has 0 aromatic heterocycles. The van der Waals surface area contributed by atoms with Crippen molar-refractivity contribution in [2.45, 2.75) is 11.4 Å². The molecule has 0 saturated heterocycles. The second-order valence-electron chi connectivity index (χ2n) is 2.75. The Morgan fingerprint density at radius 1 is 1.53 bits per heavy atom. The van der Waals surface area contributed by atoms with Crippen LogP contribution < -0.4 is 5.73 Å². The first-order valence-corrected chi connectivity index (χ1v) is 6.11. The van der Waals surface area contributed by atoms with Gasteiger partial charge in [-0.3, -0.25) is 0 Å². The Balaban J connectivity index is 3.61. The monoisotopic (exact) mass is 246 g/mol. The summed E-state index contributed by atoms with van der Waals surface area (Å²) < 4.78 is 22.1. The predicted octanol–water partition coefficient (Wildman–Crippen LogP) is 0.650. The minimum atomic E-state index is -4.14. The first-order valence-electron chi connectivity index (χ1n) is 3.81. The Labute approximate surface area is 91.1 Å². The molecule has 0 bridgehead atoms. The van der Waals surface area contributed by atoms with Crippen molar-refractivity contribution in [2.75, 3.05) is 0 Å². The smallest absolute Gasteiger partial charge is 0.266 e. The molecule has 0 aliphatic rings. The first kappa shape index (κ1) is 11.8. The number of nitriles is 1. The Morgan fingerprint density at radius 3 is 2.53 bits per heavy atom. The summed E-state index contributed by atoms with van der Waals surface area (Å²) in [7, 11) is 0.931. The molecule has 0 aliphatic heterocycles. The number of halogens is 1. The molecule has 0 saturated carbocycles. The van der Waals surface area contributed by atoms with E-state index in [-0.39, 0.29) is 12.1 Å². The number of nitrogens with zero attached hydrogens (tertiary/aromatic N) is 1. The lowest BCUT2D eigenvalue weighted by Crippen LogP contribution is -2.01. The summed E-state index contributed by atoms with van der Waals surface area (Å²) >= 11 is 0. The summed E-state index contributed by atoms with van der Waals surface area (Å²) in [5.74, 6) is -0.565. The number of phenolic OH excluding ortho intramolecular Hbond substituents is 1. The highest BCUT2D eigenvalue weighted by atomic mass is 35.7. The number of rotatable bonds is 2. The molecule has 0 heterocycles. The highest BCUT2D eigenvalue weighted by Gasteiger charge is 2.21. The molecule has 0 fully saturated rings. The van der Waals surface area contributed by atoms with Crippen molar-refractivity contribution in [1.82, 2.24) is 0 Å². The van der Waals surface area contributed by atoms with E-state index >= 15 is 0 Å². The van der Waals surface area contributed by atoms with Crippen LogP contribution in [0.2, 0.25) is 0 Å². The minimum absolute atomic E-state index is 0.0881. The third-order valence-electron chi connectivity index (χ3n) is 1.73. The van der Waals surface area contributed by atoms with Crippen molar-refractivity contribution in [3.8, 4) is 11.8 Å². The van der Waals surface area contributed by atoms with E-state index in [1.54, 1.807) is 6.07 Å². The standard InChI is InChI=1S/C8H7ClN2O3S/c9-15(13,14)8-6(4-11)1-5(3-10)2-7(8)12/h1-2,12H,3,10H2. The SMILES string of the molecule is N#Cc1cc(CN)cc(O)c1S(=O)(=O)Cl. The number of hydrogen-bond donors (Lipinski definition) is 2. The molecule has 0 unspecified atom stereocenters. The van der Waals surface area contributed by atoms with Crippen LogP contribution in [-0.2, 0) is 15.6 Å². The molecule has 5 nitrogen and oxygen atoms in total. The Hall–Kier alpha value is -1.29. The molecule has 1 rings (SSSR count). The van der Waals surface area contributed by atoms with Gasteiger partial charge in [-0.25, -0.2) is 8.42 Å². The summed E-state index contributed by atoms with van der Waals surface area (Å²) in [5, 5.41) is 18.1. The molecule has 15 heavy (non-hydrogen) atoms. The zero-order valence-electron chi connectivity index (χ0n) is 7.44. The van der Waals surface area contributed by atoms with Gasteiger partial charge in [0.05, 0.1) is 5.56 Å². The van der Waals surface area contributed by atoms with Crippen LogP contribution in [0.4, 0.5) is 0 Å². The fraction of sp³-hybridized carbons (Fsp3) is 0.125. The van der Waals surface area contributed by atoms with Crippen LogP contribution in [0.1, 0.15) is 11.1 Å². The zero-order chi connectivity index (χ0) is 11.6. The van der Waals surface area contributed by atoms with Crippen LogP contribution in [-0.4, -0.2) is 13.5 Å². The van der Waals surface area contributed by atoms with Crippen LogP contribution in [0.25, 0.3) is 0 Å². The van der Waals surface area contributed by atoms with E-state index in [1.165, 1.54) is 6.07 Å². The van der Waals surface area contributed by atoms with Crippen molar-refractivity contribution in [1.29, 1.82) is 5.26 Å². The van der Waals surface area contributed by atoms with Crippen molar-refractivity contribution < 1.29 is 13.5 Å². The van der Waals surface area contributed by atoms with E-state index in [0.717, 1.165) is 6.07 Å². The van der Waals surface area contributed by atoms with Crippen molar-refractivity contribution >= 4 is 19.7 Å². The molecule has 3 N–H and O–H groups in total. The molecule has 0 amide bonds. The summed E-state index contributed by atoms with van der Waals surface area (Å²) in [4.78, 5) is -0.580. The highest BCUT2D eigenvalue weighted by molar-refractivity contribution is 8.13. The molecular weight excluding hydrogens is 240 g/mol. The largest absolute Gasteiger partial charge is 0.506 e. The zero-order valence-corrected chi connectivity index (χ0v) is 9.01. The van der Waals surface area contributed by atoms with E-state index < -0.39 is 19.7 Å².